The van der Waals surface area contributed by atoms with E-state index in [1.165, 1.54) is 6.08 Å². The molecule has 0 aliphatic carbocycles. The van der Waals surface area contributed by atoms with Crippen molar-refractivity contribution in [1.29, 1.82) is 5.26 Å². The Morgan fingerprint density at radius 2 is 2.00 bits per heavy atom. The summed E-state index contributed by atoms with van der Waals surface area (Å²) in [5.74, 6) is 0.559. The van der Waals surface area contributed by atoms with Gasteiger partial charge in [-0.3, -0.25) is 4.79 Å². The third-order valence-electron chi connectivity index (χ3n) is 2.94. The second kappa shape index (κ2) is 8.80. The minimum Gasteiger partial charge on any atom is -0.491 e. The van der Waals surface area contributed by atoms with Crippen molar-refractivity contribution in [2.45, 2.75) is 24.8 Å². The number of hydrogen-bond acceptors (Lipinski definition) is 4. The number of thioether (sulfide) groups is 1. The number of amides is 1. The van der Waals surface area contributed by atoms with Crippen molar-refractivity contribution < 1.29 is 9.53 Å². The van der Waals surface area contributed by atoms with Crippen molar-refractivity contribution >= 4 is 29.4 Å². The molecular weight excluding hydrogens is 320 g/mol. The van der Waals surface area contributed by atoms with E-state index in [4.69, 9.17) is 10.00 Å². The maximum Gasteiger partial charge on any atom is 0.248 e. The fourth-order valence-electron chi connectivity index (χ4n) is 1.98. The molecule has 4 nitrogen and oxygen atoms in total. The summed E-state index contributed by atoms with van der Waals surface area (Å²) in [7, 11) is 0. The Hall–Kier alpha value is -2.71. The second-order valence-electron chi connectivity index (χ2n) is 5.28. The third kappa shape index (κ3) is 5.82. The Balaban J connectivity index is 1.96. The van der Waals surface area contributed by atoms with Crippen molar-refractivity contribution in [3.8, 4) is 11.2 Å². The van der Waals surface area contributed by atoms with Crippen molar-refractivity contribution in [3.05, 3.63) is 60.2 Å². The Kier molecular flexibility index (Phi) is 6.47. The lowest BCUT2D eigenvalue weighted by Crippen LogP contribution is -2.07. The maximum atomic E-state index is 12.0. The molecule has 1 amide bonds. The van der Waals surface area contributed by atoms with Gasteiger partial charge in [-0.05, 0) is 73.6 Å². The Bertz CT molecular complexity index is 762. The zero-order valence-corrected chi connectivity index (χ0v) is 14.3. The molecule has 2 rings (SSSR count). The molecule has 0 atom stereocenters. The van der Waals surface area contributed by atoms with Crippen molar-refractivity contribution in [1.82, 2.24) is 0 Å². The quantitative estimate of drug-likeness (QED) is 0.471. The van der Waals surface area contributed by atoms with Gasteiger partial charge in [-0.15, -0.1) is 0 Å². The van der Waals surface area contributed by atoms with Crippen LogP contribution >= 0.6 is 11.8 Å². The molecule has 0 saturated carbocycles. The molecule has 122 valence electrons. The van der Waals surface area contributed by atoms with E-state index in [1.807, 2.05) is 43.5 Å². The molecule has 0 aromatic heterocycles. The van der Waals surface area contributed by atoms with E-state index in [1.54, 1.807) is 30.3 Å². The minimum atomic E-state index is -0.217. The SMILES string of the molecule is CC(C)Oc1cccc(/C=C/C(=O)Nc2ccc(SC#N)cc2)c1. The average molecular weight is 338 g/mol. The summed E-state index contributed by atoms with van der Waals surface area (Å²) in [5.41, 5.74) is 1.58. The number of benzene rings is 2. The molecule has 1 N–H and O–H groups in total. The van der Waals surface area contributed by atoms with E-state index < -0.39 is 0 Å². The van der Waals surface area contributed by atoms with Crippen LogP contribution in [-0.4, -0.2) is 12.0 Å². The molecule has 24 heavy (non-hydrogen) atoms. The zero-order chi connectivity index (χ0) is 17.4. The average Bonchev–Trinajstić information content (AvgIpc) is 2.55. The molecule has 0 spiro atoms. The van der Waals surface area contributed by atoms with Crippen molar-refractivity contribution in [2.24, 2.45) is 0 Å². The van der Waals surface area contributed by atoms with Gasteiger partial charge in [0, 0.05) is 16.7 Å². The van der Waals surface area contributed by atoms with E-state index in [0.29, 0.717) is 5.69 Å². The molecule has 0 unspecified atom stereocenters. The lowest BCUT2D eigenvalue weighted by atomic mass is 10.2. The molecule has 0 fully saturated rings. The highest BCUT2D eigenvalue weighted by Gasteiger charge is 2.00. The highest BCUT2D eigenvalue weighted by Crippen LogP contribution is 2.19. The lowest BCUT2D eigenvalue weighted by Gasteiger charge is -2.09. The van der Waals surface area contributed by atoms with Crippen LogP contribution in [0.1, 0.15) is 19.4 Å². The van der Waals surface area contributed by atoms with Gasteiger partial charge in [0.25, 0.3) is 0 Å². The monoisotopic (exact) mass is 338 g/mol. The van der Waals surface area contributed by atoms with Crippen LogP contribution in [0.5, 0.6) is 5.75 Å². The third-order valence-corrected chi connectivity index (χ3v) is 3.54. The fraction of sp³-hybridized carbons (Fsp3) is 0.158. The van der Waals surface area contributed by atoms with E-state index in [9.17, 15) is 4.79 Å². The van der Waals surface area contributed by atoms with Gasteiger partial charge in [-0.2, -0.15) is 5.26 Å². The van der Waals surface area contributed by atoms with Gasteiger partial charge in [-0.25, -0.2) is 0 Å². The summed E-state index contributed by atoms with van der Waals surface area (Å²) < 4.78 is 5.63. The Morgan fingerprint density at radius 3 is 2.67 bits per heavy atom. The van der Waals surface area contributed by atoms with Crippen molar-refractivity contribution in [3.63, 3.8) is 0 Å². The van der Waals surface area contributed by atoms with E-state index in [-0.39, 0.29) is 12.0 Å². The predicted octanol–water partition coefficient (Wildman–Crippen LogP) is 4.70. The number of rotatable bonds is 6. The number of nitrogens with one attached hydrogen (secondary N) is 1. The predicted molar refractivity (Wildman–Crippen MR) is 97.8 cm³/mol. The first-order valence-corrected chi connectivity index (χ1v) is 8.30. The molecule has 0 heterocycles. The number of ether oxygens (including phenoxy) is 1. The number of carbonyl (C=O) groups excluding carboxylic acids is 1. The number of hydrogen-bond donors (Lipinski definition) is 1. The van der Waals surface area contributed by atoms with Crippen LogP contribution < -0.4 is 10.1 Å². The summed E-state index contributed by atoms with van der Waals surface area (Å²) in [6.45, 7) is 3.94. The minimum absolute atomic E-state index is 0.106. The lowest BCUT2D eigenvalue weighted by molar-refractivity contribution is -0.111. The topological polar surface area (TPSA) is 62.1 Å². The standard InChI is InChI=1S/C19H18N2O2S/c1-14(2)23-17-5-3-4-15(12-17)6-11-19(22)21-16-7-9-18(10-8-16)24-13-20/h3-12,14H,1-2H3,(H,21,22)/b11-6+. The first kappa shape index (κ1) is 17.6. The van der Waals surface area contributed by atoms with E-state index in [2.05, 4.69) is 5.32 Å². The van der Waals surface area contributed by atoms with Gasteiger partial charge in [0.15, 0.2) is 0 Å². The summed E-state index contributed by atoms with van der Waals surface area (Å²) in [4.78, 5) is 12.8. The van der Waals surface area contributed by atoms with E-state index in [0.717, 1.165) is 28.0 Å². The highest BCUT2D eigenvalue weighted by atomic mass is 32.2. The number of anilines is 1. The van der Waals surface area contributed by atoms with E-state index >= 15 is 0 Å². The maximum absolute atomic E-state index is 12.0. The van der Waals surface area contributed by atoms with Crippen LogP contribution in [0.15, 0.2) is 59.5 Å². The number of thiocyanates is 1. The molecule has 0 radical (unpaired) electrons. The fourth-order valence-corrected chi connectivity index (χ4v) is 2.36. The van der Waals surface area contributed by atoms with Crippen LogP contribution in [0.2, 0.25) is 0 Å². The molecule has 0 aliphatic heterocycles. The van der Waals surface area contributed by atoms with Crippen LogP contribution in [0.25, 0.3) is 6.08 Å². The molecule has 2 aromatic rings. The Labute approximate surface area is 146 Å². The number of nitriles is 1. The smallest absolute Gasteiger partial charge is 0.248 e. The summed E-state index contributed by atoms with van der Waals surface area (Å²) in [6, 6.07) is 14.7. The first-order chi connectivity index (χ1) is 11.6. The normalized spacial score (nSPS) is 10.6. The van der Waals surface area contributed by atoms with Crippen LogP contribution in [0.3, 0.4) is 0 Å². The molecule has 0 aliphatic rings. The van der Waals surface area contributed by atoms with Gasteiger partial charge in [0.05, 0.1) is 6.10 Å². The van der Waals surface area contributed by atoms with Gasteiger partial charge in [-0.1, -0.05) is 12.1 Å². The summed E-state index contributed by atoms with van der Waals surface area (Å²) in [5, 5.41) is 13.4. The zero-order valence-electron chi connectivity index (χ0n) is 13.5. The second-order valence-corrected chi connectivity index (χ2v) is 6.14. The largest absolute Gasteiger partial charge is 0.491 e. The number of carbonyl (C=O) groups is 1. The van der Waals surface area contributed by atoms with Gasteiger partial charge in [0.1, 0.15) is 11.2 Å². The highest BCUT2D eigenvalue weighted by molar-refractivity contribution is 8.03. The number of nitrogens with zero attached hydrogens (tertiary/aromatic N) is 1. The van der Waals surface area contributed by atoms with Crippen LogP contribution in [0.4, 0.5) is 5.69 Å². The summed E-state index contributed by atoms with van der Waals surface area (Å²) >= 11 is 1.08. The molecule has 2 aromatic carbocycles. The Morgan fingerprint density at radius 1 is 1.25 bits per heavy atom. The molecule has 0 saturated heterocycles. The van der Waals surface area contributed by atoms with Crippen molar-refractivity contribution in [2.75, 3.05) is 5.32 Å². The van der Waals surface area contributed by atoms with Crippen LogP contribution in [-0.2, 0) is 4.79 Å². The molecule has 0 bridgehead atoms. The van der Waals surface area contributed by atoms with Gasteiger partial charge >= 0.3 is 0 Å². The molecule has 5 heteroatoms. The summed E-state index contributed by atoms with van der Waals surface area (Å²) in [6.07, 6.45) is 3.32. The van der Waals surface area contributed by atoms with Crippen LogP contribution in [0, 0.1) is 10.7 Å². The first-order valence-electron chi connectivity index (χ1n) is 7.48. The van der Waals surface area contributed by atoms with Gasteiger partial charge in [0.2, 0.25) is 5.91 Å². The van der Waals surface area contributed by atoms with Gasteiger partial charge < -0.3 is 10.1 Å². The molecular formula is C19H18N2O2S.